The van der Waals surface area contributed by atoms with Gasteiger partial charge >= 0.3 is 0 Å². The first-order valence-electron chi connectivity index (χ1n) is 6.57. The highest BCUT2D eigenvalue weighted by Gasteiger charge is 2.12. The molecule has 1 aromatic rings. The molecule has 0 bridgehead atoms. The zero-order chi connectivity index (χ0) is 14.3. The highest BCUT2D eigenvalue weighted by Crippen LogP contribution is 2.18. The molecule has 0 radical (unpaired) electrons. The minimum absolute atomic E-state index is 0.249. The van der Waals surface area contributed by atoms with E-state index in [9.17, 15) is 0 Å². The summed E-state index contributed by atoms with van der Waals surface area (Å²) in [5, 5.41) is 11.9. The Hall–Kier alpha value is -2.03. The molecule has 19 heavy (non-hydrogen) atoms. The van der Waals surface area contributed by atoms with Gasteiger partial charge < -0.3 is 16.0 Å². The van der Waals surface area contributed by atoms with Crippen LogP contribution in [-0.4, -0.2) is 29.6 Å². The minimum Gasteiger partial charge on any atom is -0.370 e. The van der Waals surface area contributed by atoms with Crippen LogP contribution >= 0.6 is 0 Å². The van der Waals surface area contributed by atoms with Gasteiger partial charge in [0, 0.05) is 25.7 Å². The highest BCUT2D eigenvalue weighted by molar-refractivity contribution is 5.52. The Balaban J connectivity index is 2.96. The summed E-state index contributed by atoms with van der Waals surface area (Å²) in [5.41, 5.74) is 5.73. The summed E-state index contributed by atoms with van der Waals surface area (Å²) >= 11 is 0. The summed E-state index contributed by atoms with van der Waals surface area (Å²) in [5.74, 6) is 2.22. The Kier molecular flexibility index (Phi) is 5.86. The van der Waals surface area contributed by atoms with E-state index in [2.05, 4.69) is 40.1 Å². The lowest BCUT2D eigenvalue weighted by Crippen LogP contribution is -2.29. The van der Waals surface area contributed by atoms with Crippen LogP contribution in [0.15, 0.2) is 6.07 Å². The van der Waals surface area contributed by atoms with E-state index in [0.717, 1.165) is 24.7 Å². The van der Waals surface area contributed by atoms with Crippen LogP contribution in [-0.2, 0) is 0 Å². The number of anilines is 3. The van der Waals surface area contributed by atoms with Crippen molar-refractivity contribution >= 4 is 17.6 Å². The molecule has 0 aliphatic rings. The quantitative estimate of drug-likeness (QED) is 0.779. The molecule has 6 nitrogen and oxygen atoms in total. The molecule has 0 unspecified atom stereocenters. The fourth-order valence-electron chi connectivity index (χ4n) is 1.81. The van der Waals surface area contributed by atoms with Crippen molar-refractivity contribution in [2.45, 2.75) is 27.2 Å². The Bertz CT molecular complexity index is 437. The van der Waals surface area contributed by atoms with Crippen molar-refractivity contribution < 1.29 is 0 Å². The number of aromatic nitrogens is 2. The predicted octanol–water partition coefficient (Wildman–Crippen LogP) is 1.87. The molecule has 0 atom stereocenters. The predicted molar refractivity (Wildman–Crippen MR) is 77.9 cm³/mol. The van der Waals surface area contributed by atoms with E-state index < -0.39 is 0 Å². The monoisotopic (exact) mass is 262 g/mol. The molecule has 1 heterocycles. The van der Waals surface area contributed by atoms with Crippen molar-refractivity contribution in [2.75, 3.05) is 35.6 Å². The zero-order valence-electron chi connectivity index (χ0n) is 11.8. The van der Waals surface area contributed by atoms with Gasteiger partial charge in [-0.3, -0.25) is 0 Å². The molecule has 0 fully saturated rings. The van der Waals surface area contributed by atoms with Gasteiger partial charge in [-0.2, -0.15) is 15.2 Å². The second-order valence-electron chi connectivity index (χ2n) is 4.75. The molecule has 0 spiro atoms. The van der Waals surface area contributed by atoms with E-state index in [1.807, 2.05) is 13.0 Å². The molecular weight excluding hydrogens is 240 g/mol. The molecule has 0 amide bonds. The van der Waals surface area contributed by atoms with Gasteiger partial charge in [-0.25, -0.2) is 0 Å². The number of hydrogen-bond donors (Lipinski definition) is 2. The molecule has 1 aromatic heterocycles. The van der Waals surface area contributed by atoms with Gasteiger partial charge in [-0.15, -0.1) is 0 Å². The molecule has 1 rings (SSSR count). The molecule has 3 N–H and O–H groups in total. The number of hydrogen-bond acceptors (Lipinski definition) is 6. The number of rotatable bonds is 7. The van der Waals surface area contributed by atoms with E-state index in [-0.39, 0.29) is 5.95 Å². The van der Waals surface area contributed by atoms with Gasteiger partial charge in [0.25, 0.3) is 0 Å². The smallest absolute Gasteiger partial charge is 0.223 e. The van der Waals surface area contributed by atoms with Crippen LogP contribution in [0.3, 0.4) is 0 Å². The third-order valence-corrected chi connectivity index (χ3v) is 2.49. The first-order valence-corrected chi connectivity index (χ1v) is 6.57. The van der Waals surface area contributed by atoms with Crippen LogP contribution in [0.4, 0.5) is 17.6 Å². The Morgan fingerprint density at radius 3 is 2.79 bits per heavy atom. The maximum Gasteiger partial charge on any atom is 0.223 e. The molecule has 0 saturated heterocycles. The van der Waals surface area contributed by atoms with E-state index in [1.165, 1.54) is 0 Å². The summed E-state index contributed by atoms with van der Waals surface area (Å²) in [6, 6.07) is 4.04. The lowest BCUT2D eigenvalue weighted by atomic mass is 10.2. The second-order valence-corrected chi connectivity index (χ2v) is 4.75. The lowest BCUT2D eigenvalue weighted by molar-refractivity contribution is 0.607. The molecule has 6 heteroatoms. The summed E-state index contributed by atoms with van der Waals surface area (Å²) < 4.78 is 0. The average Bonchev–Trinajstić information content (AvgIpc) is 2.33. The van der Waals surface area contributed by atoms with Gasteiger partial charge in [0.1, 0.15) is 11.6 Å². The molecule has 0 aromatic carbocycles. The first-order chi connectivity index (χ1) is 9.06. The number of nitrogens with zero attached hydrogens (tertiary/aromatic N) is 4. The summed E-state index contributed by atoms with van der Waals surface area (Å²) in [6.07, 6.45) is 0.465. The topological polar surface area (TPSA) is 90.9 Å². The fraction of sp³-hybridized carbons (Fsp3) is 0.615. The number of nitrogens with one attached hydrogen (secondary N) is 1. The third-order valence-electron chi connectivity index (χ3n) is 2.49. The highest BCUT2D eigenvalue weighted by atomic mass is 15.2. The first kappa shape index (κ1) is 15.0. The third kappa shape index (κ3) is 5.00. The van der Waals surface area contributed by atoms with Crippen molar-refractivity contribution in [3.8, 4) is 6.07 Å². The SMILES string of the molecule is CCNc1cc(N(CCC#N)CC(C)C)nc(N)n1. The fourth-order valence-corrected chi connectivity index (χ4v) is 1.81. The second kappa shape index (κ2) is 7.41. The number of nitrogen functional groups attached to an aromatic ring is 1. The number of nitrogens with two attached hydrogens (primary N) is 1. The molecule has 0 aliphatic carbocycles. The largest absolute Gasteiger partial charge is 0.370 e. The summed E-state index contributed by atoms with van der Waals surface area (Å²) in [6.45, 7) is 8.53. The Morgan fingerprint density at radius 2 is 2.21 bits per heavy atom. The van der Waals surface area contributed by atoms with Gasteiger partial charge in [0.05, 0.1) is 12.5 Å². The normalized spacial score (nSPS) is 10.3. The van der Waals surface area contributed by atoms with Crippen LogP contribution in [0.5, 0.6) is 0 Å². The van der Waals surface area contributed by atoms with Crippen molar-refractivity contribution in [2.24, 2.45) is 5.92 Å². The Labute approximate surface area is 114 Å². The summed E-state index contributed by atoms with van der Waals surface area (Å²) in [4.78, 5) is 10.5. The van der Waals surface area contributed by atoms with Gasteiger partial charge in [-0.1, -0.05) is 13.8 Å². The molecule has 0 aliphatic heterocycles. The standard InChI is InChI=1S/C13H22N6/c1-4-16-11-8-12(18-13(15)17-11)19(7-5-6-14)9-10(2)3/h8,10H,4-5,7,9H2,1-3H3,(H3,15,16,17,18). The zero-order valence-corrected chi connectivity index (χ0v) is 11.8. The minimum atomic E-state index is 0.249. The maximum absolute atomic E-state index is 8.74. The van der Waals surface area contributed by atoms with E-state index >= 15 is 0 Å². The van der Waals surface area contributed by atoms with Crippen molar-refractivity contribution in [3.63, 3.8) is 0 Å². The molecule has 0 saturated carbocycles. The van der Waals surface area contributed by atoms with Gasteiger partial charge in [-0.05, 0) is 12.8 Å². The maximum atomic E-state index is 8.74. The molecule has 104 valence electrons. The van der Waals surface area contributed by atoms with E-state index in [4.69, 9.17) is 11.0 Å². The van der Waals surface area contributed by atoms with Gasteiger partial charge in [0.2, 0.25) is 5.95 Å². The van der Waals surface area contributed by atoms with Crippen molar-refractivity contribution in [3.05, 3.63) is 6.07 Å². The lowest BCUT2D eigenvalue weighted by Gasteiger charge is -2.25. The van der Waals surface area contributed by atoms with E-state index in [0.29, 0.717) is 18.9 Å². The number of nitriles is 1. The Morgan fingerprint density at radius 1 is 1.47 bits per heavy atom. The van der Waals surface area contributed by atoms with Crippen LogP contribution in [0.1, 0.15) is 27.2 Å². The van der Waals surface area contributed by atoms with Crippen LogP contribution in [0.25, 0.3) is 0 Å². The van der Waals surface area contributed by atoms with Crippen LogP contribution < -0.4 is 16.0 Å². The van der Waals surface area contributed by atoms with Crippen LogP contribution in [0, 0.1) is 17.2 Å². The van der Waals surface area contributed by atoms with Crippen LogP contribution in [0.2, 0.25) is 0 Å². The van der Waals surface area contributed by atoms with Crippen molar-refractivity contribution in [1.82, 2.24) is 9.97 Å². The summed E-state index contributed by atoms with van der Waals surface area (Å²) in [7, 11) is 0. The van der Waals surface area contributed by atoms with Gasteiger partial charge in [0.15, 0.2) is 0 Å². The average molecular weight is 262 g/mol. The molecular formula is C13H22N6. The van der Waals surface area contributed by atoms with E-state index in [1.54, 1.807) is 0 Å². The van der Waals surface area contributed by atoms with Crippen molar-refractivity contribution in [1.29, 1.82) is 5.26 Å².